The lowest BCUT2D eigenvalue weighted by atomic mass is 10.0. The smallest absolute Gasteiger partial charge is 0.187 e. The number of nitrogens with zero attached hydrogens (tertiary/aromatic N) is 3. The van der Waals surface area contributed by atoms with Crippen LogP contribution in [0.1, 0.15) is 0 Å². The molecular formula is C21H11Cl2F2N3. The molecule has 0 aliphatic heterocycles. The fraction of sp³-hybridized carbons (Fsp3) is 0. The van der Waals surface area contributed by atoms with Crippen LogP contribution in [-0.2, 0) is 0 Å². The quantitative estimate of drug-likeness (QED) is 0.386. The summed E-state index contributed by atoms with van der Waals surface area (Å²) in [5, 5.41) is 8.90. The highest BCUT2D eigenvalue weighted by atomic mass is 35.5. The molecule has 4 rings (SSSR count). The van der Waals surface area contributed by atoms with E-state index in [0.717, 1.165) is 28.8 Å². The van der Waals surface area contributed by atoms with E-state index in [1.807, 2.05) is 30.3 Å². The average molecular weight is 414 g/mol. The van der Waals surface area contributed by atoms with E-state index in [0.29, 0.717) is 15.7 Å². The van der Waals surface area contributed by atoms with E-state index >= 15 is 0 Å². The van der Waals surface area contributed by atoms with Gasteiger partial charge in [-0.05, 0) is 35.4 Å². The molecule has 3 aromatic carbocycles. The number of rotatable bonds is 3. The van der Waals surface area contributed by atoms with Crippen molar-refractivity contribution in [2.45, 2.75) is 0 Å². The number of aromatic nitrogens is 3. The Hall–Kier alpha value is -2.89. The van der Waals surface area contributed by atoms with Crippen LogP contribution in [0.3, 0.4) is 0 Å². The van der Waals surface area contributed by atoms with Gasteiger partial charge >= 0.3 is 0 Å². The monoisotopic (exact) mass is 413 g/mol. The first-order valence-corrected chi connectivity index (χ1v) is 8.98. The Morgan fingerprint density at radius 3 is 1.93 bits per heavy atom. The average Bonchev–Trinajstić information content (AvgIpc) is 2.71. The highest BCUT2D eigenvalue weighted by molar-refractivity contribution is 6.42. The van der Waals surface area contributed by atoms with Gasteiger partial charge in [0.15, 0.2) is 5.82 Å². The fourth-order valence-electron chi connectivity index (χ4n) is 2.74. The van der Waals surface area contributed by atoms with Crippen LogP contribution in [0.25, 0.3) is 33.8 Å². The van der Waals surface area contributed by atoms with Crippen LogP contribution in [0.4, 0.5) is 8.78 Å². The number of benzene rings is 3. The summed E-state index contributed by atoms with van der Waals surface area (Å²) in [6.07, 6.45) is 1.43. The van der Waals surface area contributed by atoms with Crippen LogP contribution >= 0.6 is 23.2 Å². The molecule has 1 aromatic heterocycles. The second-order valence-electron chi connectivity index (χ2n) is 5.97. The van der Waals surface area contributed by atoms with E-state index in [-0.39, 0.29) is 11.4 Å². The molecule has 28 heavy (non-hydrogen) atoms. The van der Waals surface area contributed by atoms with E-state index < -0.39 is 11.6 Å². The highest BCUT2D eigenvalue weighted by Crippen LogP contribution is 2.30. The maximum absolute atomic E-state index is 13.9. The lowest BCUT2D eigenvalue weighted by Crippen LogP contribution is -1.98. The van der Waals surface area contributed by atoms with Gasteiger partial charge in [0.25, 0.3) is 0 Å². The zero-order valence-electron chi connectivity index (χ0n) is 14.2. The summed E-state index contributed by atoms with van der Waals surface area (Å²) in [7, 11) is 0. The molecule has 0 bridgehead atoms. The third-order valence-electron chi connectivity index (χ3n) is 4.18. The van der Waals surface area contributed by atoms with Crippen LogP contribution in [0.5, 0.6) is 0 Å². The lowest BCUT2D eigenvalue weighted by molar-refractivity contribution is 0.586. The van der Waals surface area contributed by atoms with Gasteiger partial charge in [0.05, 0.1) is 21.8 Å². The van der Waals surface area contributed by atoms with Gasteiger partial charge in [-0.25, -0.2) is 13.8 Å². The van der Waals surface area contributed by atoms with Gasteiger partial charge in [-0.2, -0.15) is 0 Å². The molecule has 4 aromatic rings. The maximum atomic E-state index is 13.9. The molecule has 0 saturated heterocycles. The van der Waals surface area contributed by atoms with E-state index in [1.54, 1.807) is 12.1 Å². The molecule has 0 unspecified atom stereocenters. The molecule has 0 radical (unpaired) electrons. The largest absolute Gasteiger partial charge is 0.233 e. The lowest BCUT2D eigenvalue weighted by Gasteiger charge is -2.06. The zero-order chi connectivity index (χ0) is 19.7. The minimum absolute atomic E-state index is 0.105. The number of hydrogen-bond acceptors (Lipinski definition) is 3. The molecule has 0 N–H and O–H groups in total. The molecule has 0 saturated carbocycles. The fourth-order valence-corrected chi connectivity index (χ4v) is 3.04. The van der Waals surface area contributed by atoms with Crippen molar-refractivity contribution in [2.24, 2.45) is 0 Å². The van der Waals surface area contributed by atoms with Crippen molar-refractivity contribution >= 4 is 23.2 Å². The molecule has 0 fully saturated rings. The topological polar surface area (TPSA) is 38.7 Å². The van der Waals surface area contributed by atoms with E-state index in [1.165, 1.54) is 12.3 Å². The molecule has 0 aliphatic carbocycles. The minimum atomic E-state index is -0.736. The van der Waals surface area contributed by atoms with Crippen molar-refractivity contribution in [1.29, 1.82) is 0 Å². The van der Waals surface area contributed by atoms with Crippen molar-refractivity contribution < 1.29 is 8.78 Å². The van der Waals surface area contributed by atoms with E-state index in [4.69, 9.17) is 23.2 Å². The predicted octanol–water partition coefficient (Wildman–Crippen LogP) is 6.46. The third kappa shape index (κ3) is 3.59. The van der Waals surface area contributed by atoms with Crippen LogP contribution < -0.4 is 0 Å². The highest BCUT2D eigenvalue weighted by Gasteiger charge is 2.14. The van der Waals surface area contributed by atoms with Crippen molar-refractivity contribution in [3.63, 3.8) is 0 Å². The molecule has 0 amide bonds. The Balaban J connectivity index is 1.62. The minimum Gasteiger partial charge on any atom is -0.233 e. The first-order valence-electron chi connectivity index (χ1n) is 8.23. The maximum Gasteiger partial charge on any atom is 0.187 e. The molecule has 1 heterocycles. The standard InChI is InChI=1S/C21H11Cl2F2N3/c22-15-9-8-14(10-16(15)23)12-4-6-13(7-5-12)19-11-26-21(28-27-19)20-17(24)2-1-3-18(20)25/h1-11H. The molecule has 7 heteroatoms. The first-order chi connectivity index (χ1) is 13.5. The zero-order valence-corrected chi connectivity index (χ0v) is 15.7. The second kappa shape index (κ2) is 7.62. The van der Waals surface area contributed by atoms with Crippen molar-refractivity contribution in [3.05, 3.63) is 88.5 Å². The second-order valence-corrected chi connectivity index (χ2v) is 6.78. The number of hydrogen-bond donors (Lipinski definition) is 0. The molecule has 138 valence electrons. The van der Waals surface area contributed by atoms with E-state index in [2.05, 4.69) is 15.2 Å². The van der Waals surface area contributed by atoms with Crippen molar-refractivity contribution in [1.82, 2.24) is 15.2 Å². The molecule has 0 atom stereocenters. The Labute approximate surface area is 169 Å². The Bertz CT molecular complexity index is 1130. The van der Waals surface area contributed by atoms with E-state index in [9.17, 15) is 8.78 Å². The summed E-state index contributed by atoms with van der Waals surface area (Å²) in [5.41, 5.74) is 2.84. The normalized spacial score (nSPS) is 10.9. The summed E-state index contributed by atoms with van der Waals surface area (Å²) in [6, 6.07) is 16.5. The van der Waals surface area contributed by atoms with Gasteiger partial charge < -0.3 is 0 Å². The Morgan fingerprint density at radius 2 is 1.32 bits per heavy atom. The van der Waals surface area contributed by atoms with Crippen LogP contribution in [0.15, 0.2) is 66.9 Å². The molecular weight excluding hydrogens is 403 g/mol. The predicted molar refractivity (Wildman–Crippen MR) is 106 cm³/mol. The number of halogens is 4. The van der Waals surface area contributed by atoms with Gasteiger partial charge in [0, 0.05) is 5.56 Å². The summed E-state index contributed by atoms with van der Waals surface area (Å²) in [5.74, 6) is -1.58. The van der Waals surface area contributed by atoms with Crippen molar-refractivity contribution in [2.75, 3.05) is 0 Å². The molecule has 3 nitrogen and oxygen atoms in total. The van der Waals surface area contributed by atoms with Crippen molar-refractivity contribution in [3.8, 4) is 33.8 Å². The first kappa shape index (κ1) is 18.5. The molecule has 0 spiro atoms. The summed E-state index contributed by atoms with van der Waals surface area (Å²) in [6.45, 7) is 0. The van der Waals surface area contributed by atoms with Gasteiger partial charge in [0.1, 0.15) is 17.3 Å². The Morgan fingerprint density at radius 1 is 0.679 bits per heavy atom. The van der Waals surface area contributed by atoms with Crippen LogP contribution in [-0.4, -0.2) is 15.2 Å². The molecule has 0 aliphatic rings. The van der Waals surface area contributed by atoms with Gasteiger partial charge in [0.2, 0.25) is 0 Å². The van der Waals surface area contributed by atoms with Gasteiger partial charge in [-0.3, -0.25) is 0 Å². The van der Waals surface area contributed by atoms with Gasteiger partial charge in [-0.15, -0.1) is 10.2 Å². The summed E-state index contributed by atoms with van der Waals surface area (Å²) < 4.78 is 27.7. The summed E-state index contributed by atoms with van der Waals surface area (Å²) >= 11 is 12.0. The Kier molecular flexibility index (Phi) is 5.03. The van der Waals surface area contributed by atoms with Gasteiger partial charge in [-0.1, -0.05) is 59.6 Å². The third-order valence-corrected chi connectivity index (χ3v) is 4.92. The summed E-state index contributed by atoms with van der Waals surface area (Å²) in [4.78, 5) is 4.06. The SMILES string of the molecule is Fc1cccc(F)c1-c1ncc(-c2ccc(-c3ccc(Cl)c(Cl)c3)cc2)nn1. The van der Waals surface area contributed by atoms with Crippen LogP contribution in [0, 0.1) is 11.6 Å². The van der Waals surface area contributed by atoms with Crippen LogP contribution in [0.2, 0.25) is 10.0 Å².